The summed E-state index contributed by atoms with van der Waals surface area (Å²) in [6.45, 7) is 0. The van der Waals surface area contributed by atoms with Gasteiger partial charge in [-0.05, 0) is 17.6 Å². The molecule has 0 amide bonds. The standard InChI is InChI=1S/C7H6N4S2/c8-5-3-9-2-1-6(5)12-7-10-4-11-13-7/h1-4H,8H2. The maximum Gasteiger partial charge on any atom is 0.174 e. The zero-order chi connectivity index (χ0) is 9.10. The first-order valence-corrected chi connectivity index (χ1v) is 5.09. The summed E-state index contributed by atoms with van der Waals surface area (Å²) in [5.41, 5.74) is 6.38. The minimum atomic E-state index is 0.669. The van der Waals surface area contributed by atoms with Crippen LogP contribution in [0.1, 0.15) is 0 Å². The van der Waals surface area contributed by atoms with Gasteiger partial charge in [0.05, 0.1) is 11.9 Å². The highest BCUT2D eigenvalue weighted by Gasteiger charge is 2.03. The molecule has 0 fully saturated rings. The van der Waals surface area contributed by atoms with Crippen molar-refractivity contribution in [3.8, 4) is 0 Å². The van der Waals surface area contributed by atoms with Crippen LogP contribution in [-0.2, 0) is 0 Å². The molecule has 0 aliphatic heterocycles. The van der Waals surface area contributed by atoms with Crippen LogP contribution in [0.2, 0.25) is 0 Å². The first-order valence-electron chi connectivity index (χ1n) is 3.50. The molecule has 0 aliphatic rings. The SMILES string of the molecule is Nc1cnccc1Sc1ncns1. The van der Waals surface area contributed by atoms with E-state index in [2.05, 4.69) is 14.3 Å². The molecule has 0 radical (unpaired) electrons. The van der Waals surface area contributed by atoms with Crippen LogP contribution >= 0.6 is 23.3 Å². The molecule has 2 N–H and O–H groups in total. The van der Waals surface area contributed by atoms with E-state index in [-0.39, 0.29) is 0 Å². The highest BCUT2D eigenvalue weighted by Crippen LogP contribution is 2.31. The van der Waals surface area contributed by atoms with Crippen molar-refractivity contribution in [1.29, 1.82) is 0 Å². The number of nitrogens with two attached hydrogens (primary N) is 1. The Morgan fingerprint density at radius 2 is 2.38 bits per heavy atom. The van der Waals surface area contributed by atoms with Crippen molar-refractivity contribution in [3.63, 3.8) is 0 Å². The van der Waals surface area contributed by atoms with Crippen LogP contribution in [-0.4, -0.2) is 14.3 Å². The van der Waals surface area contributed by atoms with Crippen LogP contribution in [0, 0.1) is 0 Å². The van der Waals surface area contributed by atoms with Crippen molar-refractivity contribution >= 4 is 29.0 Å². The Hall–Kier alpha value is -1.14. The summed E-state index contributed by atoms with van der Waals surface area (Å²) >= 11 is 2.85. The molecular formula is C7H6N4S2. The molecule has 0 unspecified atom stereocenters. The van der Waals surface area contributed by atoms with Gasteiger partial charge in [-0.2, -0.15) is 4.37 Å². The van der Waals surface area contributed by atoms with Gasteiger partial charge in [-0.25, -0.2) is 4.98 Å². The molecule has 0 bridgehead atoms. The minimum Gasteiger partial charge on any atom is -0.397 e. The fourth-order valence-corrected chi connectivity index (χ4v) is 2.20. The van der Waals surface area contributed by atoms with E-state index in [1.165, 1.54) is 29.6 Å². The van der Waals surface area contributed by atoms with Gasteiger partial charge >= 0.3 is 0 Å². The first kappa shape index (κ1) is 8.46. The second-order valence-electron chi connectivity index (χ2n) is 2.22. The van der Waals surface area contributed by atoms with E-state index in [4.69, 9.17) is 5.73 Å². The van der Waals surface area contributed by atoms with Crippen LogP contribution in [0.4, 0.5) is 5.69 Å². The number of anilines is 1. The zero-order valence-electron chi connectivity index (χ0n) is 6.54. The molecular weight excluding hydrogens is 204 g/mol. The Bertz CT molecular complexity index is 387. The van der Waals surface area contributed by atoms with Gasteiger partial charge in [-0.1, -0.05) is 11.8 Å². The van der Waals surface area contributed by atoms with E-state index in [0.29, 0.717) is 5.69 Å². The lowest BCUT2D eigenvalue weighted by Gasteiger charge is -1.99. The third kappa shape index (κ3) is 1.96. The van der Waals surface area contributed by atoms with E-state index >= 15 is 0 Å². The van der Waals surface area contributed by atoms with Crippen LogP contribution in [0.3, 0.4) is 0 Å². The Morgan fingerprint density at radius 3 is 3.08 bits per heavy atom. The first-order chi connectivity index (χ1) is 6.36. The molecule has 6 heteroatoms. The monoisotopic (exact) mass is 210 g/mol. The van der Waals surface area contributed by atoms with Gasteiger partial charge in [0, 0.05) is 11.1 Å². The Labute approximate surface area is 83.4 Å². The molecule has 2 rings (SSSR count). The topological polar surface area (TPSA) is 64.7 Å². The molecule has 0 saturated heterocycles. The van der Waals surface area contributed by atoms with E-state index in [1.807, 2.05) is 6.07 Å². The van der Waals surface area contributed by atoms with E-state index in [0.717, 1.165) is 9.24 Å². The Kier molecular flexibility index (Phi) is 2.42. The molecule has 0 spiro atoms. The number of pyridine rings is 1. The maximum atomic E-state index is 5.71. The van der Waals surface area contributed by atoms with Gasteiger partial charge in [0.2, 0.25) is 0 Å². The molecule has 13 heavy (non-hydrogen) atoms. The summed E-state index contributed by atoms with van der Waals surface area (Å²) < 4.78 is 4.79. The fourth-order valence-electron chi connectivity index (χ4n) is 0.789. The average Bonchev–Trinajstić information content (AvgIpc) is 2.61. The van der Waals surface area contributed by atoms with Crippen LogP contribution in [0.15, 0.2) is 34.0 Å². The lowest BCUT2D eigenvalue weighted by molar-refractivity contribution is 1.21. The molecule has 4 nitrogen and oxygen atoms in total. The molecule has 2 aromatic rings. The summed E-state index contributed by atoms with van der Waals surface area (Å²) in [7, 11) is 0. The van der Waals surface area contributed by atoms with Gasteiger partial charge in [-0.15, -0.1) is 0 Å². The zero-order valence-corrected chi connectivity index (χ0v) is 8.18. The van der Waals surface area contributed by atoms with Crippen LogP contribution < -0.4 is 5.73 Å². The highest BCUT2D eigenvalue weighted by molar-refractivity contribution is 8.01. The predicted octanol–water partition coefficient (Wildman–Crippen LogP) is 1.67. The largest absolute Gasteiger partial charge is 0.397 e. The summed E-state index contributed by atoms with van der Waals surface area (Å²) in [6.07, 6.45) is 4.87. The second kappa shape index (κ2) is 3.71. The van der Waals surface area contributed by atoms with Crippen molar-refractivity contribution in [2.75, 3.05) is 5.73 Å². The lowest BCUT2D eigenvalue weighted by Crippen LogP contribution is -1.88. The molecule has 2 aromatic heterocycles. The average molecular weight is 210 g/mol. The quantitative estimate of drug-likeness (QED) is 0.816. The fraction of sp³-hybridized carbons (Fsp3) is 0. The lowest BCUT2D eigenvalue weighted by atomic mass is 10.4. The summed E-state index contributed by atoms with van der Waals surface area (Å²) in [4.78, 5) is 8.91. The van der Waals surface area contributed by atoms with Gasteiger partial charge in [0.1, 0.15) is 6.33 Å². The normalized spacial score (nSPS) is 10.2. The van der Waals surface area contributed by atoms with Crippen molar-refractivity contribution in [2.24, 2.45) is 0 Å². The highest BCUT2D eigenvalue weighted by atomic mass is 32.2. The minimum absolute atomic E-state index is 0.669. The van der Waals surface area contributed by atoms with Gasteiger partial charge < -0.3 is 5.73 Å². The summed E-state index contributed by atoms with van der Waals surface area (Å²) in [5, 5.41) is 0. The number of nitrogen functional groups attached to an aromatic ring is 1. The smallest absolute Gasteiger partial charge is 0.174 e. The molecule has 0 aromatic carbocycles. The van der Waals surface area contributed by atoms with E-state index in [9.17, 15) is 0 Å². The third-order valence-corrected chi connectivity index (χ3v) is 3.16. The van der Waals surface area contributed by atoms with Crippen molar-refractivity contribution < 1.29 is 0 Å². The number of hydrogen-bond acceptors (Lipinski definition) is 6. The number of nitrogens with zero attached hydrogens (tertiary/aromatic N) is 3. The van der Waals surface area contributed by atoms with Crippen LogP contribution in [0.5, 0.6) is 0 Å². The van der Waals surface area contributed by atoms with E-state index < -0.39 is 0 Å². The van der Waals surface area contributed by atoms with Crippen LogP contribution in [0.25, 0.3) is 0 Å². The number of aromatic nitrogens is 3. The summed E-state index contributed by atoms with van der Waals surface area (Å²) in [5.74, 6) is 0. The molecule has 66 valence electrons. The molecule has 0 aliphatic carbocycles. The van der Waals surface area contributed by atoms with Gasteiger partial charge in [0.25, 0.3) is 0 Å². The van der Waals surface area contributed by atoms with Crippen molar-refractivity contribution in [3.05, 3.63) is 24.8 Å². The predicted molar refractivity (Wildman–Crippen MR) is 52.7 cm³/mol. The number of hydrogen-bond donors (Lipinski definition) is 1. The van der Waals surface area contributed by atoms with E-state index in [1.54, 1.807) is 12.4 Å². The van der Waals surface area contributed by atoms with Crippen molar-refractivity contribution in [2.45, 2.75) is 9.24 Å². The molecule has 0 saturated carbocycles. The van der Waals surface area contributed by atoms with Gasteiger partial charge in [0.15, 0.2) is 4.34 Å². The number of rotatable bonds is 2. The Morgan fingerprint density at radius 1 is 1.46 bits per heavy atom. The molecule has 0 atom stereocenters. The van der Waals surface area contributed by atoms with Crippen molar-refractivity contribution in [1.82, 2.24) is 14.3 Å². The van der Waals surface area contributed by atoms with Gasteiger partial charge in [-0.3, -0.25) is 4.98 Å². The maximum absolute atomic E-state index is 5.71. The third-order valence-electron chi connectivity index (χ3n) is 1.35. The molecule has 2 heterocycles. The Balaban J connectivity index is 2.24. The second-order valence-corrected chi connectivity index (χ2v) is 4.29. The summed E-state index contributed by atoms with van der Waals surface area (Å²) in [6, 6.07) is 1.86.